The van der Waals surface area contributed by atoms with Gasteiger partial charge in [0.1, 0.15) is 5.75 Å². The first-order valence-corrected chi connectivity index (χ1v) is 6.76. The Morgan fingerprint density at radius 3 is 2.44 bits per heavy atom. The molecule has 96 valence electrons. The first-order valence-electron chi connectivity index (χ1n) is 6.76. The normalized spacial score (nSPS) is 19.0. The van der Waals surface area contributed by atoms with Gasteiger partial charge in [0.25, 0.3) is 5.91 Å². The average molecular weight is 245 g/mol. The number of nitrogens with one attached hydrogen (secondary N) is 1. The van der Waals surface area contributed by atoms with Crippen molar-refractivity contribution in [2.75, 3.05) is 0 Å². The van der Waals surface area contributed by atoms with Crippen molar-refractivity contribution in [2.24, 2.45) is 11.8 Å². The van der Waals surface area contributed by atoms with Gasteiger partial charge in [0.15, 0.2) is 0 Å². The van der Waals surface area contributed by atoms with Gasteiger partial charge in [-0.05, 0) is 56.6 Å². The van der Waals surface area contributed by atoms with Gasteiger partial charge >= 0.3 is 0 Å². The molecular formula is C15H19NO2. The maximum atomic E-state index is 12.3. The highest BCUT2D eigenvalue weighted by Crippen LogP contribution is 2.44. The molecule has 0 heterocycles. The van der Waals surface area contributed by atoms with Crippen LogP contribution in [0.3, 0.4) is 0 Å². The highest BCUT2D eigenvalue weighted by Gasteiger charge is 2.42. The van der Waals surface area contributed by atoms with Gasteiger partial charge in [-0.25, -0.2) is 0 Å². The number of hydrogen-bond donors (Lipinski definition) is 2. The van der Waals surface area contributed by atoms with E-state index in [1.54, 1.807) is 25.1 Å². The van der Waals surface area contributed by atoms with E-state index in [1.165, 1.54) is 25.7 Å². The molecule has 3 nitrogen and oxygen atoms in total. The van der Waals surface area contributed by atoms with Gasteiger partial charge in [-0.2, -0.15) is 0 Å². The summed E-state index contributed by atoms with van der Waals surface area (Å²) in [5.41, 5.74) is 1.27. The van der Waals surface area contributed by atoms with E-state index in [0.29, 0.717) is 29.0 Å². The summed E-state index contributed by atoms with van der Waals surface area (Å²) in [6.07, 6.45) is 5.00. The van der Waals surface area contributed by atoms with Crippen molar-refractivity contribution in [3.05, 3.63) is 29.3 Å². The number of amides is 1. The van der Waals surface area contributed by atoms with Crippen LogP contribution in [0.15, 0.2) is 18.2 Å². The fraction of sp³-hybridized carbons (Fsp3) is 0.533. The second-order valence-electron chi connectivity index (χ2n) is 5.62. The Balaban J connectivity index is 1.75. The van der Waals surface area contributed by atoms with Crippen molar-refractivity contribution < 1.29 is 9.90 Å². The second kappa shape index (κ2) is 4.30. The molecule has 0 saturated heterocycles. The zero-order chi connectivity index (χ0) is 12.7. The molecule has 0 unspecified atom stereocenters. The molecule has 0 bridgehead atoms. The number of carbonyl (C=O) groups excluding carboxylic acids is 1. The number of benzene rings is 1. The molecule has 2 aliphatic carbocycles. The van der Waals surface area contributed by atoms with Crippen LogP contribution in [-0.2, 0) is 0 Å². The molecule has 0 aromatic heterocycles. The minimum Gasteiger partial charge on any atom is -0.508 e. The monoisotopic (exact) mass is 245 g/mol. The largest absolute Gasteiger partial charge is 0.508 e. The van der Waals surface area contributed by atoms with Gasteiger partial charge in [-0.3, -0.25) is 4.79 Å². The van der Waals surface area contributed by atoms with Crippen LogP contribution >= 0.6 is 0 Å². The van der Waals surface area contributed by atoms with Crippen molar-refractivity contribution in [3.8, 4) is 5.75 Å². The molecule has 3 rings (SSSR count). The highest BCUT2D eigenvalue weighted by molar-refractivity contribution is 5.96. The highest BCUT2D eigenvalue weighted by atomic mass is 16.3. The molecule has 2 aliphatic rings. The third kappa shape index (κ3) is 2.22. The van der Waals surface area contributed by atoms with Crippen LogP contribution in [0.5, 0.6) is 5.75 Å². The van der Waals surface area contributed by atoms with Crippen LogP contribution < -0.4 is 5.32 Å². The van der Waals surface area contributed by atoms with E-state index in [2.05, 4.69) is 5.32 Å². The van der Waals surface area contributed by atoms with Gasteiger partial charge in [-0.15, -0.1) is 0 Å². The quantitative estimate of drug-likeness (QED) is 0.856. The van der Waals surface area contributed by atoms with Gasteiger partial charge in [0, 0.05) is 17.2 Å². The third-order valence-electron chi connectivity index (χ3n) is 4.11. The van der Waals surface area contributed by atoms with Gasteiger partial charge in [0.05, 0.1) is 0 Å². The Morgan fingerprint density at radius 1 is 1.28 bits per heavy atom. The summed E-state index contributed by atoms with van der Waals surface area (Å²) < 4.78 is 0. The summed E-state index contributed by atoms with van der Waals surface area (Å²) in [5, 5.41) is 12.8. The van der Waals surface area contributed by atoms with E-state index >= 15 is 0 Å². The SMILES string of the molecule is Cc1c(O)cccc1C(=O)NC(C1CC1)C1CC1. The van der Waals surface area contributed by atoms with E-state index in [9.17, 15) is 9.90 Å². The van der Waals surface area contributed by atoms with Crippen molar-refractivity contribution >= 4 is 5.91 Å². The Bertz CT molecular complexity index is 463. The molecule has 2 N–H and O–H groups in total. The van der Waals surface area contributed by atoms with Crippen molar-refractivity contribution in [1.29, 1.82) is 0 Å². The Hall–Kier alpha value is -1.51. The van der Waals surface area contributed by atoms with Crippen LogP contribution in [0, 0.1) is 18.8 Å². The number of rotatable bonds is 4. The van der Waals surface area contributed by atoms with E-state index < -0.39 is 0 Å². The summed E-state index contributed by atoms with van der Waals surface area (Å²) in [7, 11) is 0. The van der Waals surface area contributed by atoms with Crippen LogP contribution in [0.2, 0.25) is 0 Å². The lowest BCUT2D eigenvalue weighted by Gasteiger charge is -2.18. The lowest BCUT2D eigenvalue weighted by Crippen LogP contribution is -2.38. The molecule has 1 aromatic rings. The summed E-state index contributed by atoms with van der Waals surface area (Å²) in [4.78, 5) is 12.3. The lowest BCUT2D eigenvalue weighted by atomic mass is 10.0. The second-order valence-corrected chi connectivity index (χ2v) is 5.62. The fourth-order valence-corrected chi connectivity index (χ4v) is 2.63. The van der Waals surface area contributed by atoms with Crippen LogP contribution in [0.1, 0.15) is 41.6 Å². The molecule has 0 spiro atoms. The maximum Gasteiger partial charge on any atom is 0.251 e. The van der Waals surface area contributed by atoms with Crippen molar-refractivity contribution in [2.45, 2.75) is 38.6 Å². The summed E-state index contributed by atoms with van der Waals surface area (Å²) in [6.45, 7) is 1.79. The van der Waals surface area contributed by atoms with Gasteiger partial charge in [0.2, 0.25) is 0 Å². The first-order chi connectivity index (χ1) is 8.66. The molecule has 0 radical (unpaired) electrons. The number of hydrogen-bond acceptors (Lipinski definition) is 2. The first kappa shape index (κ1) is 11.6. The Kier molecular flexibility index (Phi) is 2.77. The molecule has 1 aromatic carbocycles. The molecular weight excluding hydrogens is 226 g/mol. The molecule has 0 atom stereocenters. The minimum absolute atomic E-state index is 0.0350. The standard InChI is InChI=1S/C15H19NO2/c1-9-12(3-2-4-13(9)17)15(18)16-14(10-5-6-10)11-7-8-11/h2-4,10-11,14,17H,5-8H2,1H3,(H,16,18). The topological polar surface area (TPSA) is 49.3 Å². The molecule has 2 fully saturated rings. The molecule has 3 heteroatoms. The van der Waals surface area contributed by atoms with Crippen molar-refractivity contribution in [1.82, 2.24) is 5.32 Å². The Labute approximate surface area is 107 Å². The smallest absolute Gasteiger partial charge is 0.251 e. The summed E-state index contributed by atoms with van der Waals surface area (Å²) in [5.74, 6) is 1.54. The van der Waals surface area contributed by atoms with Gasteiger partial charge in [-0.1, -0.05) is 6.07 Å². The van der Waals surface area contributed by atoms with E-state index in [1.807, 2.05) is 0 Å². The van der Waals surface area contributed by atoms with E-state index in [-0.39, 0.29) is 11.7 Å². The third-order valence-corrected chi connectivity index (χ3v) is 4.11. The zero-order valence-corrected chi connectivity index (χ0v) is 10.6. The van der Waals surface area contributed by atoms with Gasteiger partial charge < -0.3 is 10.4 Å². The molecule has 1 amide bonds. The molecule has 0 aliphatic heterocycles. The predicted molar refractivity (Wildman–Crippen MR) is 69.5 cm³/mol. The van der Waals surface area contributed by atoms with E-state index in [4.69, 9.17) is 0 Å². The minimum atomic E-state index is -0.0350. The molecule has 18 heavy (non-hydrogen) atoms. The van der Waals surface area contributed by atoms with Crippen LogP contribution in [-0.4, -0.2) is 17.1 Å². The molecule has 2 saturated carbocycles. The maximum absolute atomic E-state index is 12.3. The fourth-order valence-electron chi connectivity index (χ4n) is 2.63. The zero-order valence-electron chi connectivity index (χ0n) is 10.6. The number of carbonyl (C=O) groups is 1. The predicted octanol–water partition coefficient (Wildman–Crippen LogP) is 2.62. The number of phenolic OH excluding ortho intramolecular Hbond substituents is 1. The summed E-state index contributed by atoms with van der Waals surface area (Å²) >= 11 is 0. The summed E-state index contributed by atoms with van der Waals surface area (Å²) in [6, 6.07) is 5.48. The Morgan fingerprint density at radius 2 is 1.89 bits per heavy atom. The number of aromatic hydroxyl groups is 1. The van der Waals surface area contributed by atoms with Crippen LogP contribution in [0.25, 0.3) is 0 Å². The lowest BCUT2D eigenvalue weighted by molar-refractivity contribution is 0.0925. The number of phenols is 1. The average Bonchev–Trinajstić information content (AvgIpc) is 3.22. The van der Waals surface area contributed by atoms with Crippen molar-refractivity contribution in [3.63, 3.8) is 0 Å². The van der Waals surface area contributed by atoms with Crippen LogP contribution in [0.4, 0.5) is 0 Å². The van der Waals surface area contributed by atoms with E-state index in [0.717, 1.165) is 0 Å².